The summed E-state index contributed by atoms with van der Waals surface area (Å²) in [5.41, 5.74) is 0.179. The number of carbonyl (C=O) groups excluding carboxylic acids is 1. The van der Waals surface area contributed by atoms with E-state index in [1.165, 1.54) is 17.0 Å². The molecule has 0 fully saturated rings. The third-order valence-electron chi connectivity index (χ3n) is 2.14. The molecule has 0 aliphatic carbocycles. The average Bonchev–Trinajstić information content (AvgIpc) is 2.26. The lowest BCUT2D eigenvalue weighted by Crippen LogP contribution is -2.35. The van der Waals surface area contributed by atoms with Crippen molar-refractivity contribution in [2.75, 3.05) is 26.3 Å². The van der Waals surface area contributed by atoms with Crippen LogP contribution in [0.1, 0.15) is 10.4 Å². The number of benzene rings is 1. The quantitative estimate of drug-likeness (QED) is 0.854. The van der Waals surface area contributed by atoms with Crippen LogP contribution in [0, 0.1) is 5.82 Å². The Morgan fingerprint density at radius 2 is 1.82 bits per heavy atom. The van der Waals surface area contributed by atoms with E-state index < -0.39 is 11.7 Å². The Morgan fingerprint density at radius 3 is 2.29 bits per heavy atom. The zero-order chi connectivity index (χ0) is 12.8. The second kappa shape index (κ2) is 6.68. The zero-order valence-corrected chi connectivity index (χ0v) is 10.7. The predicted molar refractivity (Wildman–Crippen MR) is 64.2 cm³/mol. The Hall–Kier alpha value is -0.980. The van der Waals surface area contributed by atoms with Crippen molar-refractivity contribution < 1.29 is 19.4 Å². The Bertz CT molecular complexity index is 374. The van der Waals surface area contributed by atoms with E-state index in [4.69, 9.17) is 10.2 Å². The van der Waals surface area contributed by atoms with Crippen molar-refractivity contribution in [2.45, 2.75) is 0 Å². The van der Waals surface area contributed by atoms with Crippen molar-refractivity contribution in [3.63, 3.8) is 0 Å². The number of halogens is 2. The van der Waals surface area contributed by atoms with Gasteiger partial charge in [-0.3, -0.25) is 4.79 Å². The van der Waals surface area contributed by atoms with Crippen molar-refractivity contribution in [3.05, 3.63) is 34.1 Å². The van der Waals surface area contributed by atoms with Gasteiger partial charge in [0.25, 0.3) is 5.91 Å². The summed E-state index contributed by atoms with van der Waals surface area (Å²) in [4.78, 5) is 13.2. The van der Waals surface area contributed by atoms with Crippen LogP contribution in [0.3, 0.4) is 0 Å². The van der Waals surface area contributed by atoms with Gasteiger partial charge < -0.3 is 15.1 Å². The highest BCUT2D eigenvalue weighted by molar-refractivity contribution is 9.10. The highest BCUT2D eigenvalue weighted by atomic mass is 79.9. The number of hydrogen-bond acceptors (Lipinski definition) is 3. The number of rotatable bonds is 5. The molecule has 1 aromatic rings. The minimum Gasteiger partial charge on any atom is -0.395 e. The van der Waals surface area contributed by atoms with Crippen LogP contribution >= 0.6 is 15.9 Å². The van der Waals surface area contributed by atoms with Crippen LogP contribution in [0.4, 0.5) is 4.39 Å². The molecule has 0 atom stereocenters. The van der Waals surface area contributed by atoms with E-state index in [1.807, 2.05) is 0 Å². The average molecular weight is 306 g/mol. The molecule has 94 valence electrons. The first kappa shape index (κ1) is 14.1. The van der Waals surface area contributed by atoms with Crippen molar-refractivity contribution in [2.24, 2.45) is 0 Å². The van der Waals surface area contributed by atoms with Crippen LogP contribution in [-0.2, 0) is 0 Å². The fourth-order valence-electron chi connectivity index (χ4n) is 1.42. The monoisotopic (exact) mass is 305 g/mol. The molecule has 17 heavy (non-hydrogen) atoms. The van der Waals surface area contributed by atoms with Gasteiger partial charge in [0, 0.05) is 23.1 Å². The minimum atomic E-state index is -0.518. The summed E-state index contributed by atoms with van der Waals surface area (Å²) in [6.07, 6.45) is 0. The Balaban J connectivity index is 2.92. The summed E-state index contributed by atoms with van der Waals surface area (Å²) in [6, 6.07) is 3.86. The molecule has 1 rings (SSSR count). The van der Waals surface area contributed by atoms with E-state index in [0.29, 0.717) is 4.47 Å². The maximum absolute atomic E-state index is 13.1. The number of amides is 1. The first-order chi connectivity index (χ1) is 8.08. The first-order valence-electron chi connectivity index (χ1n) is 5.05. The Labute approximate surface area is 107 Å². The maximum atomic E-state index is 13.1. The molecule has 0 unspecified atom stereocenters. The SMILES string of the molecule is O=C(c1cc(F)cc(Br)c1)N(CCO)CCO. The summed E-state index contributed by atoms with van der Waals surface area (Å²) in [6.45, 7) is -0.203. The van der Waals surface area contributed by atoms with Gasteiger partial charge in [0.05, 0.1) is 13.2 Å². The van der Waals surface area contributed by atoms with E-state index in [9.17, 15) is 9.18 Å². The summed E-state index contributed by atoms with van der Waals surface area (Å²) in [5.74, 6) is -0.941. The summed E-state index contributed by atoms with van der Waals surface area (Å²) < 4.78 is 13.6. The smallest absolute Gasteiger partial charge is 0.254 e. The summed E-state index contributed by atoms with van der Waals surface area (Å²) >= 11 is 3.10. The molecule has 0 spiro atoms. The van der Waals surface area contributed by atoms with Gasteiger partial charge in [-0.2, -0.15) is 0 Å². The fraction of sp³-hybridized carbons (Fsp3) is 0.364. The standard InChI is InChI=1S/C11H13BrFNO3/c12-9-5-8(6-10(13)7-9)11(17)14(1-3-15)2-4-16/h5-7,15-16H,1-4H2. The molecule has 0 saturated carbocycles. The summed E-state index contributed by atoms with van der Waals surface area (Å²) in [7, 11) is 0. The lowest BCUT2D eigenvalue weighted by atomic mass is 10.2. The lowest BCUT2D eigenvalue weighted by Gasteiger charge is -2.20. The molecule has 4 nitrogen and oxygen atoms in total. The van der Waals surface area contributed by atoms with Crippen molar-refractivity contribution in [1.82, 2.24) is 4.90 Å². The predicted octanol–water partition coefficient (Wildman–Crippen LogP) is 1.01. The molecular weight excluding hydrogens is 293 g/mol. The van der Waals surface area contributed by atoms with Crippen LogP contribution < -0.4 is 0 Å². The third-order valence-corrected chi connectivity index (χ3v) is 2.59. The molecule has 0 bridgehead atoms. The number of carbonyl (C=O) groups is 1. The second-order valence-electron chi connectivity index (χ2n) is 3.40. The molecule has 0 saturated heterocycles. The third kappa shape index (κ3) is 4.07. The second-order valence-corrected chi connectivity index (χ2v) is 4.31. The largest absolute Gasteiger partial charge is 0.395 e. The van der Waals surface area contributed by atoms with Gasteiger partial charge in [0.2, 0.25) is 0 Å². The van der Waals surface area contributed by atoms with Gasteiger partial charge in [-0.05, 0) is 18.2 Å². The molecule has 1 aromatic carbocycles. The maximum Gasteiger partial charge on any atom is 0.254 e. The van der Waals surface area contributed by atoms with Crippen LogP contribution in [-0.4, -0.2) is 47.3 Å². The van der Waals surface area contributed by atoms with Gasteiger partial charge in [-0.1, -0.05) is 15.9 Å². The highest BCUT2D eigenvalue weighted by Gasteiger charge is 2.15. The molecule has 2 N–H and O–H groups in total. The van der Waals surface area contributed by atoms with Gasteiger partial charge >= 0.3 is 0 Å². The molecule has 0 aliphatic heterocycles. The van der Waals surface area contributed by atoms with Crippen molar-refractivity contribution >= 4 is 21.8 Å². The van der Waals surface area contributed by atoms with Gasteiger partial charge in [0.15, 0.2) is 0 Å². The lowest BCUT2D eigenvalue weighted by molar-refractivity contribution is 0.0684. The van der Waals surface area contributed by atoms with Crippen molar-refractivity contribution in [3.8, 4) is 0 Å². The zero-order valence-electron chi connectivity index (χ0n) is 9.07. The number of hydrogen-bond donors (Lipinski definition) is 2. The molecule has 6 heteroatoms. The molecule has 0 heterocycles. The molecular formula is C11H13BrFNO3. The number of aliphatic hydroxyl groups is 2. The van der Waals surface area contributed by atoms with Crippen LogP contribution in [0.15, 0.2) is 22.7 Å². The van der Waals surface area contributed by atoms with E-state index in [2.05, 4.69) is 15.9 Å². The van der Waals surface area contributed by atoms with Crippen LogP contribution in [0.5, 0.6) is 0 Å². The van der Waals surface area contributed by atoms with E-state index in [1.54, 1.807) is 0 Å². The molecule has 1 amide bonds. The van der Waals surface area contributed by atoms with Gasteiger partial charge in [0.1, 0.15) is 5.82 Å². The Morgan fingerprint density at radius 1 is 1.24 bits per heavy atom. The van der Waals surface area contributed by atoms with E-state index >= 15 is 0 Å². The topological polar surface area (TPSA) is 60.8 Å². The molecule has 0 aromatic heterocycles. The Kier molecular flexibility index (Phi) is 5.54. The first-order valence-corrected chi connectivity index (χ1v) is 5.85. The van der Waals surface area contributed by atoms with Gasteiger partial charge in [-0.15, -0.1) is 0 Å². The highest BCUT2D eigenvalue weighted by Crippen LogP contribution is 2.16. The van der Waals surface area contributed by atoms with Gasteiger partial charge in [-0.25, -0.2) is 4.39 Å². The number of nitrogens with zero attached hydrogens (tertiary/aromatic N) is 1. The van der Waals surface area contributed by atoms with Crippen LogP contribution in [0.2, 0.25) is 0 Å². The van der Waals surface area contributed by atoms with Crippen molar-refractivity contribution in [1.29, 1.82) is 0 Å². The normalized spacial score (nSPS) is 10.4. The number of aliphatic hydroxyl groups excluding tert-OH is 2. The summed E-state index contributed by atoms with van der Waals surface area (Å²) in [5, 5.41) is 17.6. The van der Waals surface area contributed by atoms with E-state index in [-0.39, 0.29) is 31.9 Å². The molecule has 0 radical (unpaired) electrons. The molecule has 0 aliphatic rings. The minimum absolute atomic E-state index is 0.105. The fourth-order valence-corrected chi connectivity index (χ4v) is 1.88. The van der Waals surface area contributed by atoms with Crippen LogP contribution in [0.25, 0.3) is 0 Å². The van der Waals surface area contributed by atoms with E-state index in [0.717, 1.165) is 6.07 Å².